The number of esters is 1. The van der Waals surface area contributed by atoms with Crippen molar-refractivity contribution in [2.45, 2.75) is 6.92 Å². The molecule has 4 nitrogen and oxygen atoms in total. The first-order valence-corrected chi connectivity index (χ1v) is 7.44. The van der Waals surface area contributed by atoms with Crippen molar-refractivity contribution in [2.24, 2.45) is 0 Å². The Balaban J connectivity index is 2.27. The Morgan fingerprint density at radius 2 is 2.05 bits per heavy atom. The Bertz CT molecular complexity index is 666. The lowest BCUT2D eigenvalue weighted by molar-refractivity contribution is 0.0607. The van der Waals surface area contributed by atoms with E-state index in [1.54, 1.807) is 17.5 Å². The number of benzene rings is 1. The maximum atomic E-state index is 12.3. The second-order valence-electron chi connectivity index (χ2n) is 4.05. The first-order valence-electron chi connectivity index (χ1n) is 5.77. The van der Waals surface area contributed by atoms with Crippen molar-refractivity contribution in [2.75, 3.05) is 12.4 Å². The van der Waals surface area contributed by atoms with Gasteiger partial charge in [0.1, 0.15) is 4.88 Å². The molecule has 1 amide bonds. The van der Waals surface area contributed by atoms with Gasteiger partial charge in [-0.1, -0.05) is 12.1 Å². The highest BCUT2D eigenvalue weighted by Gasteiger charge is 2.17. The van der Waals surface area contributed by atoms with E-state index in [9.17, 15) is 9.59 Å². The molecule has 0 radical (unpaired) electrons. The normalized spacial score (nSPS) is 10.2. The van der Waals surface area contributed by atoms with Gasteiger partial charge in [-0.15, -0.1) is 11.3 Å². The zero-order chi connectivity index (χ0) is 14.7. The van der Waals surface area contributed by atoms with E-state index >= 15 is 0 Å². The van der Waals surface area contributed by atoms with Gasteiger partial charge in [0.15, 0.2) is 0 Å². The van der Waals surface area contributed by atoms with Gasteiger partial charge < -0.3 is 10.1 Å². The zero-order valence-corrected chi connectivity index (χ0v) is 13.3. The molecule has 0 atom stereocenters. The molecule has 1 aromatic carbocycles. The van der Waals surface area contributed by atoms with Crippen LogP contribution in [0.5, 0.6) is 0 Å². The molecule has 104 valence electrons. The summed E-state index contributed by atoms with van der Waals surface area (Å²) in [6, 6.07) is 7.12. The molecular weight excluding hydrogens is 342 g/mol. The number of carbonyl (C=O) groups is 2. The molecule has 0 fully saturated rings. The standard InChI is InChI=1S/C14H12BrNO3S/c1-8-4-3-5-9(11(8)15)13(17)16-10-6-7-20-12(10)14(18)19-2/h3-7H,1-2H3,(H,16,17). The third-order valence-corrected chi connectivity index (χ3v) is 4.67. The van der Waals surface area contributed by atoms with E-state index in [1.807, 2.05) is 19.1 Å². The van der Waals surface area contributed by atoms with Gasteiger partial charge in [0, 0.05) is 4.47 Å². The summed E-state index contributed by atoms with van der Waals surface area (Å²) < 4.78 is 5.42. The number of hydrogen-bond acceptors (Lipinski definition) is 4. The number of methoxy groups -OCH3 is 1. The molecule has 0 aliphatic carbocycles. The minimum atomic E-state index is -0.460. The molecule has 0 unspecified atom stereocenters. The average molecular weight is 354 g/mol. The number of ether oxygens (including phenoxy) is 1. The molecule has 0 saturated heterocycles. The van der Waals surface area contributed by atoms with Crippen LogP contribution >= 0.6 is 27.3 Å². The van der Waals surface area contributed by atoms with Crippen LogP contribution in [0.1, 0.15) is 25.6 Å². The maximum Gasteiger partial charge on any atom is 0.350 e. The van der Waals surface area contributed by atoms with Crippen molar-refractivity contribution in [3.8, 4) is 0 Å². The fourth-order valence-electron chi connectivity index (χ4n) is 1.67. The molecule has 2 rings (SSSR count). The van der Waals surface area contributed by atoms with E-state index in [-0.39, 0.29) is 5.91 Å². The SMILES string of the molecule is COC(=O)c1sccc1NC(=O)c1cccc(C)c1Br. The number of rotatable bonds is 3. The Morgan fingerprint density at radius 3 is 2.75 bits per heavy atom. The number of thiophene rings is 1. The number of anilines is 1. The second kappa shape index (κ2) is 6.19. The molecule has 1 N–H and O–H groups in total. The Hall–Kier alpha value is -1.66. The van der Waals surface area contributed by atoms with Crippen LogP contribution in [-0.4, -0.2) is 19.0 Å². The van der Waals surface area contributed by atoms with Gasteiger partial charge in [-0.3, -0.25) is 4.79 Å². The minimum Gasteiger partial charge on any atom is -0.465 e. The summed E-state index contributed by atoms with van der Waals surface area (Å²) in [5.41, 5.74) is 1.95. The number of carbonyl (C=O) groups excluding carboxylic acids is 2. The fourth-order valence-corrected chi connectivity index (χ4v) is 2.88. The lowest BCUT2D eigenvalue weighted by atomic mass is 10.1. The highest BCUT2D eigenvalue weighted by molar-refractivity contribution is 9.10. The van der Waals surface area contributed by atoms with Crippen LogP contribution in [-0.2, 0) is 4.74 Å². The van der Waals surface area contributed by atoms with Crippen LogP contribution in [0, 0.1) is 6.92 Å². The van der Waals surface area contributed by atoms with Crippen LogP contribution < -0.4 is 5.32 Å². The molecule has 0 spiro atoms. The van der Waals surface area contributed by atoms with Crippen LogP contribution in [0.4, 0.5) is 5.69 Å². The highest BCUT2D eigenvalue weighted by atomic mass is 79.9. The van der Waals surface area contributed by atoms with E-state index in [0.717, 1.165) is 10.0 Å². The lowest BCUT2D eigenvalue weighted by Crippen LogP contribution is -2.14. The molecule has 1 aromatic heterocycles. The summed E-state index contributed by atoms with van der Waals surface area (Å²) in [4.78, 5) is 24.2. The summed E-state index contributed by atoms with van der Waals surface area (Å²) >= 11 is 4.62. The fraction of sp³-hybridized carbons (Fsp3) is 0.143. The smallest absolute Gasteiger partial charge is 0.350 e. The van der Waals surface area contributed by atoms with Crippen molar-refractivity contribution in [1.82, 2.24) is 0 Å². The van der Waals surface area contributed by atoms with Gasteiger partial charge in [-0.05, 0) is 45.9 Å². The van der Waals surface area contributed by atoms with E-state index in [1.165, 1.54) is 18.4 Å². The molecule has 20 heavy (non-hydrogen) atoms. The van der Waals surface area contributed by atoms with E-state index in [4.69, 9.17) is 0 Å². The summed E-state index contributed by atoms with van der Waals surface area (Å²) in [5, 5.41) is 4.46. The third-order valence-electron chi connectivity index (χ3n) is 2.72. The molecule has 0 aliphatic rings. The summed E-state index contributed by atoms with van der Waals surface area (Å²) in [6.45, 7) is 1.91. The van der Waals surface area contributed by atoms with Crippen molar-refractivity contribution in [3.05, 3.63) is 50.1 Å². The molecule has 0 bridgehead atoms. The predicted molar refractivity (Wildman–Crippen MR) is 82.5 cm³/mol. The largest absolute Gasteiger partial charge is 0.465 e. The molecule has 0 aliphatic heterocycles. The van der Waals surface area contributed by atoms with Gasteiger partial charge in [-0.2, -0.15) is 0 Å². The van der Waals surface area contributed by atoms with E-state index in [0.29, 0.717) is 16.1 Å². The highest BCUT2D eigenvalue weighted by Crippen LogP contribution is 2.26. The molecular formula is C14H12BrNO3S. The van der Waals surface area contributed by atoms with E-state index < -0.39 is 5.97 Å². The summed E-state index contributed by atoms with van der Waals surface area (Å²) in [5.74, 6) is -0.734. The summed E-state index contributed by atoms with van der Waals surface area (Å²) in [6.07, 6.45) is 0. The van der Waals surface area contributed by atoms with Crippen LogP contribution in [0.3, 0.4) is 0 Å². The first-order chi connectivity index (χ1) is 9.54. The topological polar surface area (TPSA) is 55.4 Å². The van der Waals surface area contributed by atoms with Crippen LogP contribution in [0.15, 0.2) is 34.1 Å². The molecule has 1 heterocycles. The molecule has 6 heteroatoms. The maximum absolute atomic E-state index is 12.3. The minimum absolute atomic E-state index is 0.274. The number of halogens is 1. The van der Waals surface area contributed by atoms with Gasteiger partial charge in [0.05, 0.1) is 18.4 Å². The Labute approximate surface area is 128 Å². The number of nitrogens with one attached hydrogen (secondary N) is 1. The molecule has 2 aromatic rings. The third kappa shape index (κ3) is 2.91. The van der Waals surface area contributed by atoms with Crippen LogP contribution in [0.2, 0.25) is 0 Å². The number of amides is 1. The van der Waals surface area contributed by atoms with Gasteiger partial charge >= 0.3 is 5.97 Å². The Morgan fingerprint density at radius 1 is 1.30 bits per heavy atom. The quantitative estimate of drug-likeness (QED) is 0.852. The lowest BCUT2D eigenvalue weighted by Gasteiger charge is -2.08. The van der Waals surface area contributed by atoms with Crippen molar-refractivity contribution >= 4 is 44.8 Å². The number of hydrogen-bond donors (Lipinski definition) is 1. The van der Waals surface area contributed by atoms with Crippen molar-refractivity contribution in [1.29, 1.82) is 0 Å². The van der Waals surface area contributed by atoms with Gasteiger partial charge in [0.25, 0.3) is 5.91 Å². The first kappa shape index (κ1) is 14.7. The second-order valence-corrected chi connectivity index (χ2v) is 5.75. The molecule has 0 saturated carbocycles. The Kier molecular flexibility index (Phi) is 4.57. The predicted octanol–water partition coefficient (Wildman–Crippen LogP) is 3.86. The summed E-state index contributed by atoms with van der Waals surface area (Å²) in [7, 11) is 1.31. The van der Waals surface area contributed by atoms with Gasteiger partial charge in [-0.25, -0.2) is 4.79 Å². The zero-order valence-electron chi connectivity index (χ0n) is 10.9. The monoisotopic (exact) mass is 353 g/mol. The van der Waals surface area contributed by atoms with Gasteiger partial charge in [0.2, 0.25) is 0 Å². The average Bonchev–Trinajstić information content (AvgIpc) is 2.89. The van der Waals surface area contributed by atoms with Crippen LogP contribution in [0.25, 0.3) is 0 Å². The van der Waals surface area contributed by atoms with Crippen molar-refractivity contribution < 1.29 is 14.3 Å². The van der Waals surface area contributed by atoms with E-state index in [2.05, 4.69) is 26.0 Å². The van der Waals surface area contributed by atoms with Crippen molar-refractivity contribution in [3.63, 3.8) is 0 Å². The number of aryl methyl sites for hydroxylation is 1.